The molecule has 4 nitrogen and oxygen atoms in total. The third-order valence-corrected chi connectivity index (χ3v) is 3.30. The fourth-order valence-corrected chi connectivity index (χ4v) is 1.94. The zero-order valence-electron chi connectivity index (χ0n) is 13.2. The summed E-state index contributed by atoms with van der Waals surface area (Å²) >= 11 is 0. The van der Waals surface area contributed by atoms with Crippen molar-refractivity contribution in [2.45, 2.75) is 26.4 Å². The summed E-state index contributed by atoms with van der Waals surface area (Å²) in [6, 6.07) is 15.7. The standard InChI is InChI=1S/C19H20O4/c1-2-3-13-22-18(20)17-11-9-15(10-12-17)14-23-19(21)16-7-5-4-6-8-16/h4-12H,2-3,13-14H2,1H3. The maximum Gasteiger partial charge on any atom is 0.338 e. The first kappa shape index (κ1) is 16.7. The molecule has 0 atom stereocenters. The van der Waals surface area contributed by atoms with Crippen molar-refractivity contribution < 1.29 is 19.1 Å². The molecule has 0 spiro atoms. The smallest absolute Gasteiger partial charge is 0.338 e. The SMILES string of the molecule is CCCCOC(=O)c1ccc(COC(=O)c2ccccc2)cc1. The van der Waals surface area contributed by atoms with Crippen LogP contribution in [0.15, 0.2) is 54.6 Å². The van der Waals surface area contributed by atoms with Crippen molar-refractivity contribution in [3.8, 4) is 0 Å². The van der Waals surface area contributed by atoms with Crippen molar-refractivity contribution in [2.24, 2.45) is 0 Å². The molecule has 4 heteroatoms. The van der Waals surface area contributed by atoms with E-state index in [0.29, 0.717) is 17.7 Å². The average molecular weight is 312 g/mol. The molecule has 0 aliphatic rings. The van der Waals surface area contributed by atoms with Crippen LogP contribution < -0.4 is 0 Å². The van der Waals surface area contributed by atoms with Gasteiger partial charge in [-0.05, 0) is 36.2 Å². The van der Waals surface area contributed by atoms with Gasteiger partial charge in [-0.15, -0.1) is 0 Å². The molecule has 120 valence electrons. The van der Waals surface area contributed by atoms with E-state index < -0.39 is 0 Å². The summed E-state index contributed by atoms with van der Waals surface area (Å²) in [5.74, 6) is -0.695. The molecule has 0 aliphatic heterocycles. The Balaban J connectivity index is 1.85. The topological polar surface area (TPSA) is 52.6 Å². The van der Waals surface area contributed by atoms with Crippen LogP contribution in [-0.4, -0.2) is 18.5 Å². The largest absolute Gasteiger partial charge is 0.462 e. The normalized spacial score (nSPS) is 10.1. The van der Waals surface area contributed by atoms with Crippen molar-refractivity contribution in [2.75, 3.05) is 6.61 Å². The van der Waals surface area contributed by atoms with Crippen LogP contribution in [0, 0.1) is 0 Å². The quantitative estimate of drug-likeness (QED) is 0.573. The van der Waals surface area contributed by atoms with Gasteiger partial charge in [0.15, 0.2) is 0 Å². The van der Waals surface area contributed by atoms with Crippen LogP contribution in [0.2, 0.25) is 0 Å². The van der Waals surface area contributed by atoms with Crippen LogP contribution >= 0.6 is 0 Å². The van der Waals surface area contributed by atoms with E-state index in [1.807, 2.05) is 13.0 Å². The summed E-state index contributed by atoms with van der Waals surface area (Å²) < 4.78 is 10.4. The second-order valence-electron chi connectivity index (χ2n) is 5.13. The highest BCUT2D eigenvalue weighted by Gasteiger charge is 2.08. The van der Waals surface area contributed by atoms with Gasteiger partial charge in [0.25, 0.3) is 0 Å². The Kier molecular flexibility index (Phi) is 6.36. The maximum absolute atomic E-state index is 11.8. The molecule has 0 radical (unpaired) electrons. The van der Waals surface area contributed by atoms with Crippen LogP contribution in [0.3, 0.4) is 0 Å². The zero-order chi connectivity index (χ0) is 16.5. The minimum Gasteiger partial charge on any atom is -0.462 e. The highest BCUT2D eigenvalue weighted by Crippen LogP contribution is 2.09. The van der Waals surface area contributed by atoms with Gasteiger partial charge in [-0.3, -0.25) is 0 Å². The molecule has 2 rings (SSSR count). The third kappa shape index (κ3) is 5.25. The van der Waals surface area contributed by atoms with E-state index in [9.17, 15) is 9.59 Å². The molecule has 0 bridgehead atoms. The number of rotatable bonds is 7. The lowest BCUT2D eigenvalue weighted by atomic mass is 10.1. The molecular weight excluding hydrogens is 292 g/mol. The Hall–Kier alpha value is -2.62. The van der Waals surface area contributed by atoms with Crippen LogP contribution in [0.4, 0.5) is 0 Å². The molecule has 0 aliphatic carbocycles. The number of carbonyl (C=O) groups is 2. The zero-order valence-corrected chi connectivity index (χ0v) is 13.2. The molecule has 0 saturated heterocycles. The molecule has 23 heavy (non-hydrogen) atoms. The Morgan fingerprint density at radius 1 is 0.826 bits per heavy atom. The van der Waals surface area contributed by atoms with Crippen molar-refractivity contribution in [1.29, 1.82) is 0 Å². The van der Waals surface area contributed by atoms with Gasteiger partial charge in [0.2, 0.25) is 0 Å². The van der Waals surface area contributed by atoms with E-state index in [-0.39, 0.29) is 18.5 Å². The predicted molar refractivity (Wildman–Crippen MR) is 87.2 cm³/mol. The van der Waals surface area contributed by atoms with E-state index >= 15 is 0 Å². The molecule has 0 unspecified atom stereocenters. The second-order valence-corrected chi connectivity index (χ2v) is 5.13. The lowest BCUT2D eigenvalue weighted by molar-refractivity contribution is 0.0467. The maximum atomic E-state index is 11.8. The molecule has 0 aromatic heterocycles. The van der Waals surface area contributed by atoms with Gasteiger partial charge in [0.05, 0.1) is 17.7 Å². The summed E-state index contributed by atoms with van der Waals surface area (Å²) in [6.07, 6.45) is 1.85. The third-order valence-electron chi connectivity index (χ3n) is 3.30. The highest BCUT2D eigenvalue weighted by atomic mass is 16.5. The number of carbonyl (C=O) groups excluding carboxylic acids is 2. The molecule has 0 saturated carbocycles. The summed E-state index contributed by atoms with van der Waals surface area (Å²) in [5.41, 5.74) is 1.84. The van der Waals surface area contributed by atoms with E-state index in [1.54, 1.807) is 48.5 Å². The van der Waals surface area contributed by atoms with Crippen molar-refractivity contribution >= 4 is 11.9 Å². The minimum absolute atomic E-state index is 0.166. The Morgan fingerprint density at radius 3 is 2.09 bits per heavy atom. The van der Waals surface area contributed by atoms with Crippen molar-refractivity contribution in [3.05, 3.63) is 71.3 Å². The lowest BCUT2D eigenvalue weighted by Crippen LogP contribution is -2.07. The Morgan fingerprint density at radius 2 is 1.43 bits per heavy atom. The lowest BCUT2D eigenvalue weighted by Gasteiger charge is -2.07. The molecule has 0 amide bonds. The fourth-order valence-electron chi connectivity index (χ4n) is 1.94. The first-order valence-corrected chi connectivity index (χ1v) is 7.69. The minimum atomic E-state index is -0.367. The number of unbranched alkanes of at least 4 members (excludes halogenated alkanes) is 1. The number of ether oxygens (including phenoxy) is 2. The van der Waals surface area contributed by atoms with E-state index in [1.165, 1.54) is 0 Å². The molecule has 0 fully saturated rings. The Bertz CT molecular complexity index is 632. The van der Waals surface area contributed by atoms with Crippen LogP contribution in [-0.2, 0) is 16.1 Å². The molecular formula is C19H20O4. The summed E-state index contributed by atoms with van der Waals surface area (Å²) in [7, 11) is 0. The summed E-state index contributed by atoms with van der Waals surface area (Å²) in [4.78, 5) is 23.6. The van der Waals surface area contributed by atoms with Gasteiger partial charge in [-0.1, -0.05) is 43.7 Å². The fraction of sp³-hybridized carbons (Fsp3) is 0.263. The van der Waals surface area contributed by atoms with Crippen LogP contribution in [0.5, 0.6) is 0 Å². The molecule has 2 aromatic carbocycles. The van der Waals surface area contributed by atoms with Gasteiger partial charge in [-0.2, -0.15) is 0 Å². The summed E-state index contributed by atoms with van der Waals surface area (Å²) in [6.45, 7) is 2.64. The van der Waals surface area contributed by atoms with Gasteiger partial charge < -0.3 is 9.47 Å². The average Bonchev–Trinajstić information content (AvgIpc) is 2.61. The first-order valence-electron chi connectivity index (χ1n) is 7.69. The number of hydrogen-bond donors (Lipinski definition) is 0. The van der Waals surface area contributed by atoms with Gasteiger partial charge in [-0.25, -0.2) is 9.59 Å². The second kappa shape index (κ2) is 8.73. The summed E-state index contributed by atoms with van der Waals surface area (Å²) in [5, 5.41) is 0. The molecule has 0 heterocycles. The van der Waals surface area contributed by atoms with E-state index in [2.05, 4.69) is 0 Å². The van der Waals surface area contributed by atoms with Crippen LogP contribution in [0.1, 0.15) is 46.0 Å². The number of esters is 2. The van der Waals surface area contributed by atoms with Gasteiger partial charge in [0.1, 0.15) is 6.61 Å². The number of benzene rings is 2. The highest BCUT2D eigenvalue weighted by molar-refractivity contribution is 5.90. The Labute approximate surface area is 136 Å². The van der Waals surface area contributed by atoms with Gasteiger partial charge in [0, 0.05) is 0 Å². The molecule has 2 aromatic rings. The van der Waals surface area contributed by atoms with E-state index in [0.717, 1.165) is 18.4 Å². The van der Waals surface area contributed by atoms with E-state index in [4.69, 9.17) is 9.47 Å². The monoisotopic (exact) mass is 312 g/mol. The van der Waals surface area contributed by atoms with Crippen molar-refractivity contribution in [3.63, 3.8) is 0 Å². The number of hydrogen-bond acceptors (Lipinski definition) is 4. The predicted octanol–water partition coefficient (Wildman–Crippen LogP) is 4.00. The molecule has 0 N–H and O–H groups in total. The first-order chi connectivity index (χ1) is 11.2. The van der Waals surface area contributed by atoms with Gasteiger partial charge >= 0.3 is 11.9 Å². The van der Waals surface area contributed by atoms with Crippen LogP contribution in [0.25, 0.3) is 0 Å². The van der Waals surface area contributed by atoms with Crippen molar-refractivity contribution in [1.82, 2.24) is 0 Å².